The molecular weight excluding hydrogens is 222 g/mol. The molecule has 6 heteroatoms. The fourth-order valence-electron chi connectivity index (χ4n) is 1.39. The third-order valence-corrected chi connectivity index (χ3v) is 2.26. The molecule has 3 N–H and O–H groups in total. The second-order valence-corrected chi connectivity index (χ2v) is 3.68. The molecule has 0 heterocycles. The summed E-state index contributed by atoms with van der Waals surface area (Å²) < 4.78 is 0. The van der Waals surface area contributed by atoms with Crippen LogP contribution in [-0.4, -0.2) is 23.9 Å². The summed E-state index contributed by atoms with van der Waals surface area (Å²) in [5.74, 6) is -0.436. The van der Waals surface area contributed by atoms with E-state index in [4.69, 9.17) is 5.73 Å². The van der Waals surface area contributed by atoms with Gasteiger partial charge < -0.3 is 11.1 Å². The van der Waals surface area contributed by atoms with E-state index in [9.17, 15) is 14.9 Å². The van der Waals surface area contributed by atoms with E-state index in [1.54, 1.807) is 13.0 Å². The van der Waals surface area contributed by atoms with E-state index in [1.165, 1.54) is 12.1 Å². The largest absolute Gasteiger partial charge is 0.352 e. The van der Waals surface area contributed by atoms with Gasteiger partial charge in [-0.3, -0.25) is 14.9 Å². The number of nitrogens with one attached hydrogen (secondary N) is 1. The molecule has 1 amide bonds. The molecule has 0 saturated heterocycles. The summed E-state index contributed by atoms with van der Waals surface area (Å²) in [5, 5.41) is 13.4. The first-order valence-corrected chi connectivity index (χ1v) is 5.29. The Bertz CT molecular complexity index is 432. The van der Waals surface area contributed by atoms with Crippen LogP contribution < -0.4 is 11.1 Å². The number of aryl methyl sites for hydroxylation is 1. The van der Waals surface area contributed by atoms with Gasteiger partial charge in [-0.1, -0.05) is 6.07 Å². The highest BCUT2D eigenvalue weighted by Gasteiger charge is 2.19. The molecule has 0 aliphatic carbocycles. The minimum absolute atomic E-state index is 0.0898. The first-order valence-electron chi connectivity index (χ1n) is 5.29. The molecule has 1 aromatic carbocycles. The molecule has 0 saturated carbocycles. The van der Waals surface area contributed by atoms with Gasteiger partial charge in [0.05, 0.1) is 4.92 Å². The van der Waals surface area contributed by atoms with Crippen molar-refractivity contribution in [3.8, 4) is 0 Å². The molecule has 0 aromatic heterocycles. The summed E-state index contributed by atoms with van der Waals surface area (Å²) in [6.45, 7) is 2.66. The second kappa shape index (κ2) is 5.95. The van der Waals surface area contributed by atoms with Crippen LogP contribution in [0.2, 0.25) is 0 Å². The van der Waals surface area contributed by atoms with Crippen molar-refractivity contribution < 1.29 is 9.72 Å². The Balaban J connectivity index is 2.90. The van der Waals surface area contributed by atoms with Gasteiger partial charge in [0.25, 0.3) is 11.6 Å². The standard InChI is InChI=1S/C11H15N3O3/c1-8-3-4-10(14(16)17)9(7-8)11(15)13-6-2-5-12/h3-4,7H,2,5-6,12H2,1H3,(H,13,15). The first-order chi connectivity index (χ1) is 8.06. The first kappa shape index (κ1) is 13.1. The van der Waals surface area contributed by atoms with Crippen LogP contribution in [-0.2, 0) is 0 Å². The Morgan fingerprint density at radius 3 is 2.82 bits per heavy atom. The SMILES string of the molecule is Cc1ccc([N+](=O)[O-])c(C(=O)NCCCN)c1. The van der Waals surface area contributed by atoms with Crippen molar-refractivity contribution in [2.75, 3.05) is 13.1 Å². The van der Waals surface area contributed by atoms with Gasteiger partial charge in [0.15, 0.2) is 0 Å². The van der Waals surface area contributed by atoms with Crippen molar-refractivity contribution in [1.29, 1.82) is 0 Å². The quantitative estimate of drug-likeness (QED) is 0.453. The summed E-state index contributed by atoms with van der Waals surface area (Å²) in [5.41, 5.74) is 6.01. The zero-order valence-electron chi connectivity index (χ0n) is 9.60. The number of nitrogens with two attached hydrogens (primary N) is 1. The fourth-order valence-corrected chi connectivity index (χ4v) is 1.39. The molecule has 0 aliphatic heterocycles. The van der Waals surface area contributed by atoms with Gasteiger partial charge in [-0.15, -0.1) is 0 Å². The summed E-state index contributed by atoms with van der Waals surface area (Å²) in [6, 6.07) is 4.46. The van der Waals surface area contributed by atoms with Crippen LogP contribution in [0.5, 0.6) is 0 Å². The van der Waals surface area contributed by atoms with Gasteiger partial charge in [0, 0.05) is 12.6 Å². The molecule has 92 valence electrons. The lowest BCUT2D eigenvalue weighted by Gasteiger charge is -2.05. The van der Waals surface area contributed by atoms with Crippen molar-refractivity contribution in [3.05, 3.63) is 39.4 Å². The molecule has 0 atom stereocenters. The van der Waals surface area contributed by atoms with Crippen molar-refractivity contribution in [2.24, 2.45) is 5.73 Å². The monoisotopic (exact) mass is 237 g/mol. The van der Waals surface area contributed by atoms with E-state index in [2.05, 4.69) is 5.32 Å². The number of nitro groups is 1. The van der Waals surface area contributed by atoms with Crippen molar-refractivity contribution in [3.63, 3.8) is 0 Å². The number of amides is 1. The molecule has 0 bridgehead atoms. The Hall–Kier alpha value is -1.95. The van der Waals surface area contributed by atoms with Gasteiger partial charge >= 0.3 is 0 Å². The molecule has 1 rings (SSSR count). The van der Waals surface area contributed by atoms with Gasteiger partial charge in [-0.05, 0) is 31.5 Å². The van der Waals surface area contributed by atoms with E-state index in [0.29, 0.717) is 19.5 Å². The third kappa shape index (κ3) is 3.53. The molecule has 0 unspecified atom stereocenters. The average molecular weight is 237 g/mol. The number of hydrogen-bond acceptors (Lipinski definition) is 4. The number of hydrogen-bond donors (Lipinski definition) is 2. The highest BCUT2D eigenvalue weighted by Crippen LogP contribution is 2.19. The van der Waals surface area contributed by atoms with Crippen LogP contribution in [0.3, 0.4) is 0 Å². The van der Waals surface area contributed by atoms with E-state index in [0.717, 1.165) is 5.56 Å². The maximum atomic E-state index is 11.7. The minimum atomic E-state index is -0.558. The number of benzene rings is 1. The van der Waals surface area contributed by atoms with E-state index >= 15 is 0 Å². The smallest absolute Gasteiger partial charge is 0.282 e. The zero-order chi connectivity index (χ0) is 12.8. The Morgan fingerprint density at radius 1 is 1.53 bits per heavy atom. The second-order valence-electron chi connectivity index (χ2n) is 3.68. The van der Waals surface area contributed by atoms with Gasteiger partial charge in [0.1, 0.15) is 5.56 Å². The summed E-state index contributed by atoms with van der Waals surface area (Å²) in [4.78, 5) is 22.0. The topological polar surface area (TPSA) is 98.3 Å². The lowest BCUT2D eigenvalue weighted by molar-refractivity contribution is -0.385. The molecule has 17 heavy (non-hydrogen) atoms. The fraction of sp³-hybridized carbons (Fsp3) is 0.364. The molecule has 6 nitrogen and oxygen atoms in total. The number of nitrogens with zero attached hydrogens (tertiary/aromatic N) is 1. The number of nitro benzene ring substituents is 1. The summed E-state index contributed by atoms with van der Waals surface area (Å²) in [6.07, 6.45) is 0.644. The van der Waals surface area contributed by atoms with E-state index < -0.39 is 10.8 Å². The van der Waals surface area contributed by atoms with Crippen LogP contribution in [0.25, 0.3) is 0 Å². The maximum Gasteiger partial charge on any atom is 0.282 e. The zero-order valence-corrected chi connectivity index (χ0v) is 9.60. The van der Waals surface area contributed by atoms with Crippen LogP contribution >= 0.6 is 0 Å². The maximum absolute atomic E-state index is 11.7. The lowest BCUT2D eigenvalue weighted by atomic mass is 10.1. The lowest BCUT2D eigenvalue weighted by Crippen LogP contribution is -2.26. The molecule has 0 fully saturated rings. The average Bonchev–Trinajstić information content (AvgIpc) is 2.28. The van der Waals surface area contributed by atoms with Gasteiger partial charge in [-0.2, -0.15) is 0 Å². The predicted octanol–water partition coefficient (Wildman–Crippen LogP) is 0.982. The van der Waals surface area contributed by atoms with Crippen molar-refractivity contribution in [1.82, 2.24) is 5.32 Å². The molecule has 0 aliphatic rings. The van der Waals surface area contributed by atoms with Gasteiger partial charge in [-0.25, -0.2) is 0 Å². The summed E-state index contributed by atoms with van der Waals surface area (Å²) >= 11 is 0. The summed E-state index contributed by atoms with van der Waals surface area (Å²) in [7, 11) is 0. The number of carbonyl (C=O) groups is 1. The number of rotatable bonds is 5. The highest BCUT2D eigenvalue weighted by molar-refractivity contribution is 5.98. The van der Waals surface area contributed by atoms with Crippen LogP contribution in [0.4, 0.5) is 5.69 Å². The molecular formula is C11H15N3O3. The number of carbonyl (C=O) groups excluding carboxylic acids is 1. The Kier molecular flexibility index (Phi) is 4.59. The third-order valence-electron chi connectivity index (χ3n) is 2.26. The van der Waals surface area contributed by atoms with Crippen LogP contribution in [0.1, 0.15) is 22.3 Å². The minimum Gasteiger partial charge on any atom is -0.352 e. The normalized spacial score (nSPS) is 10.0. The van der Waals surface area contributed by atoms with Crippen molar-refractivity contribution in [2.45, 2.75) is 13.3 Å². The Labute approximate surface area is 99.0 Å². The van der Waals surface area contributed by atoms with E-state index in [1.807, 2.05) is 0 Å². The van der Waals surface area contributed by atoms with Gasteiger partial charge in [0.2, 0.25) is 0 Å². The molecule has 1 aromatic rings. The Morgan fingerprint density at radius 2 is 2.24 bits per heavy atom. The van der Waals surface area contributed by atoms with Crippen LogP contribution in [0, 0.1) is 17.0 Å². The van der Waals surface area contributed by atoms with Crippen LogP contribution in [0.15, 0.2) is 18.2 Å². The van der Waals surface area contributed by atoms with E-state index in [-0.39, 0.29) is 11.3 Å². The highest BCUT2D eigenvalue weighted by atomic mass is 16.6. The predicted molar refractivity (Wildman–Crippen MR) is 63.8 cm³/mol. The molecule has 0 spiro atoms. The molecule has 0 radical (unpaired) electrons. The van der Waals surface area contributed by atoms with Crippen molar-refractivity contribution >= 4 is 11.6 Å².